The maximum absolute atomic E-state index is 12.8. The zero-order chi connectivity index (χ0) is 17.7. The largest absolute Gasteiger partial charge is 0.369 e. The molecule has 2 N–H and O–H groups in total. The highest BCUT2D eigenvalue weighted by Crippen LogP contribution is 2.58. The van der Waals surface area contributed by atoms with Crippen molar-refractivity contribution in [1.82, 2.24) is 4.90 Å². The molecular weight excluding hydrogens is 314 g/mol. The van der Waals surface area contributed by atoms with Crippen LogP contribution in [-0.2, 0) is 9.59 Å². The standard InChI is InChI=1S/C20H27N3O2/c1-3-19(4-2)13-14(19)17(24)23-11-9-20(10-12-23)18(25)21-15-7-5-6-8-16(15)22-20/h5-8,14,22H,3-4,9-13H2,1-2H3,(H,21,25). The number of hydrogen-bond acceptors (Lipinski definition) is 3. The van der Waals surface area contributed by atoms with Crippen LogP contribution in [0, 0.1) is 11.3 Å². The molecule has 4 rings (SSSR count). The summed E-state index contributed by atoms with van der Waals surface area (Å²) >= 11 is 0. The summed E-state index contributed by atoms with van der Waals surface area (Å²) < 4.78 is 0. The minimum Gasteiger partial charge on any atom is -0.369 e. The molecule has 0 radical (unpaired) electrons. The Morgan fingerprint density at radius 2 is 1.80 bits per heavy atom. The summed E-state index contributed by atoms with van der Waals surface area (Å²) in [5.74, 6) is 0.529. The molecular formula is C20H27N3O2. The van der Waals surface area contributed by atoms with Gasteiger partial charge in [-0.05, 0) is 49.7 Å². The number of nitrogens with one attached hydrogen (secondary N) is 2. The van der Waals surface area contributed by atoms with Gasteiger partial charge in [0.05, 0.1) is 11.4 Å². The number of anilines is 2. The SMILES string of the molecule is CCC1(CC)CC1C(=O)N1CCC2(CC1)Nc1ccccc1NC2=O. The lowest BCUT2D eigenvalue weighted by Gasteiger charge is -2.44. The lowest BCUT2D eigenvalue weighted by molar-refractivity contribution is -0.136. The van der Waals surface area contributed by atoms with Crippen molar-refractivity contribution in [2.24, 2.45) is 11.3 Å². The summed E-state index contributed by atoms with van der Waals surface area (Å²) in [7, 11) is 0. The van der Waals surface area contributed by atoms with E-state index in [9.17, 15) is 9.59 Å². The molecule has 1 saturated heterocycles. The smallest absolute Gasteiger partial charge is 0.250 e. The molecule has 0 aromatic heterocycles. The first kappa shape index (κ1) is 16.4. The van der Waals surface area contributed by atoms with E-state index in [1.807, 2.05) is 29.2 Å². The van der Waals surface area contributed by atoms with E-state index >= 15 is 0 Å². The number of benzene rings is 1. The van der Waals surface area contributed by atoms with Gasteiger partial charge in [0.15, 0.2) is 0 Å². The number of carbonyl (C=O) groups is 2. The van der Waals surface area contributed by atoms with E-state index in [4.69, 9.17) is 0 Å². The van der Waals surface area contributed by atoms with Crippen molar-refractivity contribution in [3.8, 4) is 0 Å². The van der Waals surface area contributed by atoms with Crippen molar-refractivity contribution in [3.63, 3.8) is 0 Å². The fourth-order valence-electron chi connectivity index (χ4n) is 4.67. The number of hydrogen-bond donors (Lipinski definition) is 2. The quantitative estimate of drug-likeness (QED) is 0.887. The second-order valence-electron chi connectivity index (χ2n) is 7.86. The molecule has 1 unspecified atom stereocenters. The van der Waals surface area contributed by atoms with Crippen LogP contribution in [0.4, 0.5) is 11.4 Å². The summed E-state index contributed by atoms with van der Waals surface area (Å²) in [5.41, 5.74) is 1.47. The summed E-state index contributed by atoms with van der Waals surface area (Å²) in [6.45, 7) is 5.69. The van der Waals surface area contributed by atoms with Crippen molar-refractivity contribution < 1.29 is 9.59 Å². The first-order valence-corrected chi connectivity index (χ1v) is 9.51. The molecule has 2 amide bonds. The Morgan fingerprint density at radius 1 is 1.16 bits per heavy atom. The van der Waals surface area contributed by atoms with Gasteiger partial charge in [0.1, 0.15) is 5.54 Å². The van der Waals surface area contributed by atoms with Gasteiger partial charge in [0, 0.05) is 19.0 Å². The normalized spacial score (nSPS) is 25.8. The molecule has 1 aliphatic carbocycles. The fraction of sp³-hybridized carbons (Fsp3) is 0.600. The van der Waals surface area contributed by atoms with Crippen LogP contribution in [0.3, 0.4) is 0 Å². The van der Waals surface area contributed by atoms with Crippen molar-refractivity contribution >= 4 is 23.2 Å². The summed E-state index contributed by atoms with van der Waals surface area (Å²) in [6, 6.07) is 7.80. The molecule has 5 heteroatoms. The average molecular weight is 341 g/mol. The minimum absolute atomic E-state index is 0.0289. The molecule has 3 aliphatic rings. The summed E-state index contributed by atoms with van der Waals surface area (Å²) in [4.78, 5) is 27.5. The highest BCUT2D eigenvalue weighted by molar-refractivity contribution is 6.06. The molecule has 0 bridgehead atoms. The Labute approximate surface area is 149 Å². The third-order valence-electron chi connectivity index (χ3n) is 6.81. The zero-order valence-corrected chi connectivity index (χ0v) is 15.1. The van der Waals surface area contributed by atoms with Gasteiger partial charge in [0.2, 0.25) is 11.8 Å². The fourth-order valence-corrected chi connectivity index (χ4v) is 4.67. The molecule has 2 aliphatic heterocycles. The molecule has 1 aromatic rings. The van der Waals surface area contributed by atoms with Gasteiger partial charge in [-0.25, -0.2) is 0 Å². The molecule has 2 heterocycles. The molecule has 1 saturated carbocycles. The van der Waals surface area contributed by atoms with Crippen LogP contribution < -0.4 is 10.6 Å². The summed E-state index contributed by atoms with van der Waals surface area (Å²) in [6.07, 6.45) is 4.53. The van der Waals surface area contributed by atoms with Crippen molar-refractivity contribution in [3.05, 3.63) is 24.3 Å². The lowest BCUT2D eigenvalue weighted by atomic mass is 9.84. The van der Waals surface area contributed by atoms with Crippen molar-refractivity contribution in [2.75, 3.05) is 23.7 Å². The van der Waals surface area contributed by atoms with Gasteiger partial charge >= 0.3 is 0 Å². The number of rotatable bonds is 3. The molecule has 1 aromatic carbocycles. The molecule has 5 nitrogen and oxygen atoms in total. The van der Waals surface area contributed by atoms with Crippen molar-refractivity contribution in [2.45, 2.75) is 51.5 Å². The van der Waals surface area contributed by atoms with Gasteiger partial charge in [0.25, 0.3) is 0 Å². The molecule has 1 atom stereocenters. The van der Waals surface area contributed by atoms with Gasteiger partial charge < -0.3 is 15.5 Å². The van der Waals surface area contributed by atoms with Gasteiger partial charge in [-0.3, -0.25) is 9.59 Å². The van der Waals surface area contributed by atoms with Crippen LogP contribution in [-0.4, -0.2) is 35.3 Å². The molecule has 134 valence electrons. The van der Waals surface area contributed by atoms with Gasteiger partial charge in [-0.15, -0.1) is 0 Å². The third-order valence-corrected chi connectivity index (χ3v) is 6.81. The lowest BCUT2D eigenvalue weighted by Crippen LogP contribution is -2.59. The first-order valence-electron chi connectivity index (χ1n) is 9.51. The Balaban J connectivity index is 1.44. The predicted molar refractivity (Wildman–Crippen MR) is 98.4 cm³/mol. The molecule has 1 spiro atoms. The number of amides is 2. The van der Waals surface area contributed by atoms with E-state index in [1.54, 1.807) is 0 Å². The number of fused-ring (bicyclic) bond motifs is 1. The van der Waals surface area contributed by atoms with Crippen LogP contribution >= 0.6 is 0 Å². The van der Waals surface area contributed by atoms with E-state index in [1.165, 1.54) is 0 Å². The second-order valence-corrected chi connectivity index (χ2v) is 7.86. The number of nitrogens with zero attached hydrogens (tertiary/aromatic N) is 1. The van der Waals surface area contributed by atoms with Crippen LogP contribution in [0.15, 0.2) is 24.3 Å². The zero-order valence-electron chi connectivity index (χ0n) is 15.1. The predicted octanol–water partition coefficient (Wildman–Crippen LogP) is 3.24. The number of piperidine rings is 1. The number of para-hydroxylation sites is 2. The third kappa shape index (κ3) is 2.52. The van der Waals surface area contributed by atoms with E-state index < -0.39 is 5.54 Å². The first-order chi connectivity index (χ1) is 12.0. The average Bonchev–Trinajstić information content (AvgIpc) is 3.38. The van der Waals surface area contributed by atoms with Crippen molar-refractivity contribution in [1.29, 1.82) is 0 Å². The topological polar surface area (TPSA) is 61.4 Å². The van der Waals surface area contributed by atoms with E-state index in [0.717, 1.165) is 30.6 Å². The van der Waals surface area contributed by atoms with Crippen LogP contribution in [0.25, 0.3) is 0 Å². The highest BCUT2D eigenvalue weighted by Gasteiger charge is 2.57. The Kier molecular flexibility index (Phi) is 3.78. The molecule has 25 heavy (non-hydrogen) atoms. The Hall–Kier alpha value is -2.04. The summed E-state index contributed by atoms with van der Waals surface area (Å²) in [5, 5.41) is 6.48. The maximum Gasteiger partial charge on any atom is 0.250 e. The van der Waals surface area contributed by atoms with Crippen LogP contribution in [0.1, 0.15) is 46.0 Å². The number of likely N-dealkylation sites (tertiary alicyclic amines) is 1. The maximum atomic E-state index is 12.8. The molecule has 2 fully saturated rings. The van der Waals surface area contributed by atoms with Gasteiger partial charge in [-0.2, -0.15) is 0 Å². The van der Waals surface area contributed by atoms with Crippen LogP contribution in [0.5, 0.6) is 0 Å². The van der Waals surface area contributed by atoms with Gasteiger partial charge in [-0.1, -0.05) is 26.0 Å². The monoisotopic (exact) mass is 341 g/mol. The second kappa shape index (κ2) is 5.75. The van der Waals surface area contributed by atoms with Crippen LogP contribution in [0.2, 0.25) is 0 Å². The highest BCUT2D eigenvalue weighted by atomic mass is 16.2. The number of carbonyl (C=O) groups excluding carboxylic acids is 2. The van der Waals surface area contributed by atoms with E-state index in [2.05, 4.69) is 24.5 Å². The minimum atomic E-state index is -0.582. The Bertz CT molecular complexity index is 703. The van der Waals surface area contributed by atoms with E-state index in [-0.39, 0.29) is 17.2 Å². The Morgan fingerprint density at radius 3 is 2.40 bits per heavy atom. The van der Waals surface area contributed by atoms with E-state index in [0.29, 0.717) is 31.8 Å².